The molecule has 7 nitrogen and oxygen atoms in total. The first-order valence-electron chi connectivity index (χ1n) is 11.0. The summed E-state index contributed by atoms with van der Waals surface area (Å²) in [4.78, 5) is 28.2. The first-order valence-corrected chi connectivity index (χ1v) is 13.7. The summed E-state index contributed by atoms with van der Waals surface area (Å²) in [6.45, 7) is -0.297. The third-order valence-corrected chi connectivity index (χ3v) is 7.31. The van der Waals surface area contributed by atoms with Crippen molar-refractivity contribution in [3.8, 4) is 0 Å². The molecule has 35 heavy (non-hydrogen) atoms. The van der Waals surface area contributed by atoms with Gasteiger partial charge in [0.05, 0.1) is 11.9 Å². The smallest absolute Gasteiger partial charge is 0.244 e. The Morgan fingerprint density at radius 1 is 0.886 bits per heavy atom. The van der Waals surface area contributed by atoms with Gasteiger partial charge >= 0.3 is 0 Å². The van der Waals surface area contributed by atoms with Crippen LogP contribution in [0.5, 0.6) is 0 Å². The lowest BCUT2D eigenvalue weighted by molar-refractivity contribution is -0.139. The van der Waals surface area contributed by atoms with Crippen LogP contribution >= 0.6 is 15.9 Å². The second kappa shape index (κ2) is 12.0. The summed E-state index contributed by atoms with van der Waals surface area (Å²) < 4.78 is 27.0. The Morgan fingerprint density at radius 2 is 1.43 bits per heavy atom. The Kier molecular flexibility index (Phi) is 9.06. The molecule has 0 saturated heterocycles. The Hall–Kier alpha value is -3.17. The summed E-state index contributed by atoms with van der Waals surface area (Å²) in [5.74, 6) is -0.815. The molecule has 0 aliphatic heterocycles. The van der Waals surface area contributed by atoms with E-state index in [2.05, 4.69) is 21.2 Å². The highest BCUT2D eigenvalue weighted by Crippen LogP contribution is 2.28. The number of carbonyl (C=O) groups is 2. The van der Waals surface area contributed by atoms with Crippen LogP contribution in [0.4, 0.5) is 5.69 Å². The van der Waals surface area contributed by atoms with E-state index in [1.165, 1.54) is 11.9 Å². The van der Waals surface area contributed by atoms with Crippen LogP contribution in [0.1, 0.15) is 11.1 Å². The number of hydrogen-bond acceptors (Lipinski definition) is 4. The quantitative estimate of drug-likeness (QED) is 0.412. The maximum Gasteiger partial charge on any atom is 0.244 e. The number of hydrogen-bond donors (Lipinski definition) is 1. The Morgan fingerprint density at radius 3 is 1.97 bits per heavy atom. The number of halogens is 1. The van der Waals surface area contributed by atoms with Crippen LogP contribution in [0.2, 0.25) is 0 Å². The largest absolute Gasteiger partial charge is 0.357 e. The summed E-state index contributed by atoms with van der Waals surface area (Å²) in [6.07, 6.45) is 1.34. The highest BCUT2D eigenvalue weighted by molar-refractivity contribution is 9.10. The van der Waals surface area contributed by atoms with E-state index in [9.17, 15) is 18.0 Å². The van der Waals surface area contributed by atoms with E-state index >= 15 is 0 Å². The van der Waals surface area contributed by atoms with Crippen molar-refractivity contribution in [3.63, 3.8) is 0 Å². The van der Waals surface area contributed by atoms with E-state index in [4.69, 9.17) is 0 Å². The fourth-order valence-corrected chi connectivity index (χ4v) is 5.23. The van der Waals surface area contributed by atoms with E-state index in [1.807, 2.05) is 60.7 Å². The summed E-state index contributed by atoms with van der Waals surface area (Å²) in [6, 6.07) is 24.7. The van der Waals surface area contributed by atoms with Gasteiger partial charge in [-0.1, -0.05) is 72.8 Å². The molecule has 0 aliphatic carbocycles. The number of likely N-dealkylation sites (N-methyl/N-ethyl adjacent to an activating group) is 1. The van der Waals surface area contributed by atoms with Gasteiger partial charge in [-0.3, -0.25) is 13.9 Å². The number of rotatable bonds is 10. The van der Waals surface area contributed by atoms with Crippen LogP contribution in [0.15, 0.2) is 89.4 Å². The average Bonchev–Trinajstić information content (AvgIpc) is 2.85. The van der Waals surface area contributed by atoms with Gasteiger partial charge in [-0.15, -0.1) is 0 Å². The van der Waals surface area contributed by atoms with Crippen LogP contribution in [-0.4, -0.2) is 51.0 Å². The van der Waals surface area contributed by atoms with Crippen molar-refractivity contribution in [2.75, 3.05) is 24.2 Å². The van der Waals surface area contributed by atoms with Gasteiger partial charge in [-0.25, -0.2) is 8.42 Å². The molecule has 1 atom stereocenters. The standard InChI is InChI=1S/C26H28BrN3O4S/c1-28-26(32)24(17-20-11-5-3-6-12-20)29(18-21-13-7-4-8-14-21)25(31)19-30(35(2,33)34)23-16-10-9-15-22(23)27/h3-16,24H,17-19H2,1-2H3,(H,28,32)/t24-/m0/s1. The molecule has 0 aromatic heterocycles. The van der Waals surface area contributed by atoms with Crippen molar-refractivity contribution >= 4 is 43.5 Å². The van der Waals surface area contributed by atoms with Crippen molar-refractivity contribution in [2.24, 2.45) is 0 Å². The van der Waals surface area contributed by atoms with Crippen molar-refractivity contribution < 1.29 is 18.0 Å². The number of amides is 2. The molecule has 0 saturated carbocycles. The molecule has 184 valence electrons. The van der Waals surface area contributed by atoms with Crippen LogP contribution in [0.25, 0.3) is 0 Å². The predicted octanol–water partition coefficient (Wildman–Crippen LogP) is 3.60. The third kappa shape index (κ3) is 7.16. The number of sulfonamides is 1. The SMILES string of the molecule is CNC(=O)[C@H](Cc1ccccc1)N(Cc1ccccc1)C(=O)CN(c1ccccc1Br)S(C)(=O)=O. The molecule has 0 bridgehead atoms. The topological polar surface area (TPSA) is 86.8 Å². The Bertz CT molecular complexity index is 1250. The molecule has 2 amide bonds. The Labute approximate surface area is 214 Å². The lowest BCUT2D eigenvalue weighted by Gasteiger charge is -2.33. The molecule has 0 radical (unpaired) electrons. The van der Waals surface area contributed by atoms with E-state index in [-0.39, 0.29) is 18.9 Å². The second-order valence-electron chi connectivity index (χ2n) is 8.05. The van der Waals surface area contributed by atoms with E-state index in [0.717, 1.165) is 21.7 Å². The fourth-order valence-electron chi connectivity index (χ4n) is 3.75. The zero-order valence-corrected chi connectivity index (χ0v) is 22.0. The number of anilines is 1. The van der Waals surface area contributed by atoms with Gasteiger partial charge in [0.15, 0.2) is 0 Å². The molecule has 0 aliphatic rings. The number of benzene rings is 3. The van der Waals surface area contributed by atoms with Gasteiger partial charge < -0.3 is 10.2 Å². The van der Waals surface area contributed by atoms with Gasteiger partial charge in [0.2, 0.25) is 21.8 Å². The van der Waals surface area contributed by atoms with Gasteiger partial charge in [0.1, 0.15) is 12.6 Å². The fraction of sp³-hybridized carbons (Fsp3) is 0.231. The lowest BCUT2D eigenvalue weighted by atomic mass is 10.0. The highest BCUT2D eigenvalue weighted by atomic mass is 79.9. The number of para-hydroxylation sites is 1. The molecule has 3 aromatic rings. The minimum absolute atomic E-state index is 0.151. The predicted molar refractivity (Wildman–Crippen MR) is 141 cm³/mol. The van der Waals surface area contributed by atoms with Crippen LogP contribution in [0.3, 0.4) is 0 Å². The molecule has 0 spiro atoms. The zero-order chi connectivity index (χ0) is 25.4. The van der Waals surface area contributed by atoms with Crippen molar-refractivity contribution in [3.05, 3.63) is 101 Å². The highest BCUT2D eigenvalue weighted by Gasteiger charge is 2.32. The molecule has 0 heterocycles. The normalized spacial score (nSPS) is 12.0. The lowest BCUT2D eigenvalue weighted by Crippen LogP contribution is -2.52. The minimum atomic E-state index is -3.80. The molecule has 0 fully saturated rings. The molecule has 1 N–H and O–H groups in total. The van der Waals surface area contributed by atoms with E-state index < -0.39 is 28.5 Å². The first-order chi connectivity index (χ1) is 16.7. The van der Waals surface area contributed by atoms with Gasteiger partial charge in [0.25, 0.3) is 0 Å². The van der Waals surface area contributed by atoms with Crippen LogP contribution in [-0.2, 0) is 32.6 Å². The third-order valence-electron chi connectivity index (χ3n) is 5.51. The summed E-state index contributed by atoms with van der Waals surface area (Å²) >= 11 is 3.38. The maximum atomic E-state index is 13.8. The number of nitrogens with one attached hydrogen (secondary N) is 1. The maximum absolute atomic E-state index is 13.8. The average molecular weight is 558 g/mol. The molecule has 3 aromatic carbocycles. The summed E-state index contributed by atoms with van der Waals surface area (Å²) in [7, 11) is -2.27. The summed E-state index contributed by atoms with van der Waals surface area (Å²) in [5, 5.41) is 2.66. The van der Waals surface area contributed by atoms with Gasteiger partial charge in [-0.2, -0.15) is 0 Å². The molecular weight excluding hydrogens is 530 g/mol. The van der Waals surface area contributed by atoms with Gasteiger partial charge in [-0.05, 0) is 39.2 Å². The molecule has 0 unspecified atom stereocenters. The van der Waals surface area contributed by atoms with E-state index in [0.29, 0.717) is 10.2 Å². The van der Waals surface area contributed by atoms with Crippen molar-refractivity contribution in [1.82, 2.24) is 10.2 Å². The second-order valence-corrected chi connectivity index (χ2v) is 10.8. The van der Waals surface area contributed by atoms with E-state index in [1.54, 1.807) is 24.3 Å². The Balaban J connectivity index is 2.01. The number of carbonyl (C=O) groups excluding carboxylic acids is 2. The van der Waals surface area contributed by atoms with Crippen molar-refractivity contribution in [1.29, 1.82) is 0 Å². The van der Waals surface area contributed by atoms with Gasteiger partial charge in [0, 0.05) is 24.5 Å². The minimum Gasteiger partial charge on any atom is -0.357 e. The number of nitrogens with zero attached hydrogens (tertiary/aromatic N) is 2. The molecule has 9 heteroatoms. The monoisotopic (exact) mass is 557 g/mol. The summed E-state index contributed by atoms with van der Waals surface area (Å²) in [5.41, 5.74) is 2.06. The van der Waals surface area contributed by atoms with Crippen LogP contribution < -0.4 is 9.62 Å². The molecule has 3 rings (SSSR count). The van der Waals surface area contributed by atoms with Crippen LogP contribution in [0, 0.1) is 0 Å². The van der Waals surface area contributed by atoms with Crippen molar-refractivity contribution in [2.45, 2.75) is 19.0 Å². The first kappa shape index (κ1) is 26.4. The zero-order valence-electron chi connectivity index (χ0n) is 19.6. The molecular formula is C26H28BrN3O4S.